The first-order valence-electron chi connectivity index (χ1n) is 9.72. The van der Waals surface area contributed by atoms with Crippen LogP contribution in [0.15, 0.2) is 0 Å². The van der Waals surface area contributed by atoms with Crippen LogP contribution in [0.1, 0.15) is 0 Å². The minimum atomic E-state index is -2.22. The van der Waals surface area contributed by atoms with Crippen LogP contribution in [-0.4, -0.2) is 121 Å². The van der Waals surface area contributed by atoms with Crippen LogP contribution < -0.4 is 0 Å². The van der Waals surface area contributed by atoms with E-state index in [9.17, 15) is 35.7 Å². The molecule has 0 bridgehead atoms. The summed E-state index contributed by atoms with van der Waals surface area (Å²) in [5, 5.41) is 85.7. The van der Waals surface area contributed by atoms with Crippen LogP contribution in [0.2, 0.25) is 25.1 Å². The van der Waals surface area contributed by atoms with Crippen molar-refractivity contribution < 1.29 is 60.2 Å². The van der Waals surface area contributed by atoms with Crippen molar-refractivity contribution in [3.63, 3.8) is 0 Å². The first-order chi connectivity index (χ1) is 16.3. The number of benzene rings is 1. The molecule has 0 saturated carbocycles. The molecule has 0 amide bonds. The van der Waals surface area contributed by atoms with Gasteiger partial charge >= 0.3 is 0 Å². The predicted molar refractivity (Wildman–Crippen MR) is 122 cm³/mol. The summed E-state index contributed by atoms with van der Waals surface area (Å²) >= 11 is 27.9. The second-order valence-corrected chi connectivity index (χ2v) is 9.37. The van der Waals surface area contributed by atoms with Gasteiger partial charge in [0.1, 0.15) is 59.4 Å². The van der Waals surface area contributed by atoms with Crippen molar-refractivity contribution in [2.75, 3.05) is 19.8 Å². The molecule has 1 aromatic rings. The Kier molecular flexibility index (Phi) is 11.4. The van der Waals surface area contributed by atoms with E-state index in [0.29, 0.717) is 0 Å². The third kappa shape index (κ3) is 6.20. The van der Waals surface area contributed by atoms with E-state index in [0.717, 1.165) is 0 Å². The summed E-state index contributed by atoms with van der Waals surface area (Å²) in [7, 11) is 0. The van der Waals surface area contributed by atoms with Crippen LogP contribution in [0.4, 0.5) is 0 Å². The molecule has 202 valence electrons. The van der Waals surface area contributed by atoms with Gasteiger partial charge in [-0.15, -0.1) is 0 Å². The molecule has 0 radical (unpaired) electrons. The van der Waals surface area contributed by atoms with Gasteiger partial charge in [-0.3, -0.25) is 0 Å². The minimum absolute atomic E-state index is 0.00904. The molecule has 0 unspecified atom stereocenters. The molecule has 2 heterocycles. The predicted octanol–water partition coefficient (Wildman–Crippen LogP) is -0.736. The largest absolute Gasteiger partial charge is 0.505 e. The highest BCUT2D eigenvalue weighted by molar-refractivity contribution is 6.55. The molecular weight excluding hydrogens is 585 g/mol. The fraction of sp³-hybridized carbons (Fsp3) is 0.667. The number of phenols is 1. The highest BCUT2D eigenvalue weighted by Crippen LogP contribution is 2.47. The quantitative estimate of drug-likeness (QED) is 0.150. The van der Waals surface area contributed by atoms with E-state index >= 15 is 0 Å². The van der Waals surface area contributed by atoms with Crippen molar-refractivity contribution in [2.45, 2.75) is 54.8 Å². The van der Waals surface area contributed by atoms with Gasteiger partial charge in [0.15, 0.2) is 12.0 Å². The maximum atomic E-state index is 10.00. The number of aliphatic hydroxyl groups excluding tert-OH is 8. The molecule has 9 atom stereocenters. The molecule has 0 aliphatic carbocycles. The molecule has 2 saturated heterocycles. The van der Waals surface area contributed by atoms with Crippen molar-refractivity contribution in [3.8, 4) is 5.75 Å². The van der Waals surface area contributed by atoms with E-state index in [-0.39, 0.29) is 30.9 Å². The zero-order valence-corrected chi connectivity index (χ0v) is 21.2. The Morgan fingerprint density at radius 3 is 1.60 bits per heavy atom. The Morgan fingerprint density at radius 1 is 0.686 bits per heavy atom. The van der Waals surface area contributed by atoms with Crippen molar-refractivity contribution >= 4 is 58.0 Å². The normalized spacial score (nSPS) is 37.2. The first-order valence-corrected chi connectivity index (χ1v) is 11.6. The average molecular weight is 609 g/mol. The summed E-state index contributed by atoms with van der Waals surface area (Å²) in [6, 6.07) is 0. The van der Waals surface area contributed by atoms with Crippen LogP contribution in [0.5, 0.6) is 5.75 Å². The smallest absolute Gasteiger partial charge is 0.224 e. The van der Waals surface area contributed by atoms with Crippen molar-refractivity contribution in [3.05, 3.63) is 25.1 Å². The van der Waals surface area contributed by atoms with E-state index < -0.39 is 74.6 Å². The van der Waals surface area contributed by atoms with Gasteiger partial charge in [-0.25, -0.2) is 0 Å². The number of hydrogen-bond donors (Lipinski definition) is 9. The summed E-state index contributed by atoms with van der Waals surface area (Å²) in [6.45, 7) is -2.32. The fourth-order valence-corrected chi connectivity index (χ4v) is 4.35. The lowest BCUT2D eigenvalue weighted by molar-refractivity contribution is -0.383. The van der Waals surface area contributed by atoms with E-state index in [1.807, 2.05) is 0 Å². The lowest BCUT2D eigenvalue weighted by atomic mass is 9.99. The van der Waals surface area contributed by atoms with Gasteiger partial charge in [-0.05, 0) is 0 Å². The first kappa shape index (κ1) is 31.2. The number of halogens is 5. The highest BCUT2D eigenvalue weighted by Gasteiger charge is 2.58. The van der Waals surface area contributed by atoms with Gasteiger partial charge in [-0.2, -0.15) is 0 Å². The van der Waals surface area contributed by atoms with Gasteiger partial charge < -0.3 is 60.2 Å². The molecular formula is C18H23Cl5O12. The SMILES string of the molecule is OC[C@H]1O[C@@](CO)(O[C@H]2O[C@H](CO)[C@@H](O)[C@H](O)[C@H]2O)[C@@H](O)[C@@H]1O.Oc1c(Cl)c(Cl)c(Cl)c(Cl)c1Cl. The molecule has 3 rings (SSSR count). The summed E-state index contributed by atoms with van der Waals surface area (Å²) < 4.78 is 15.4. The number of phenolic OH excluding ortho intramolecular Hbond substituents is 1. The zero-order chi connectivity index (χ0) is 26.8. The lowest BCUT2D eigenvalue weighted by Crippen LogP contribution is -2.62. The summed E-state index contributed by atoms with van der Waals surface area (Å²) in [4.78, 5) is 0. The fourth-order valence-electron chi connectivity index (χ4n) is 3.22. The minimum Gasteiger partial charge on any atom is -0.505 e. The van der Waals surface area contributed by atoms with Gasteiger partial charge in [0, 0.05) is 0 Å². The Hall–Kier alpha value is 0.0300. The Balaban J connectivity index is 0.000000303. The Labute approximate surface area is 223 Å². The number of rotatable bonds is 5. The van der Waals surface area contributed by atoms with Crippen molar-refractivity contribution in [1.82, 2.24) is 0 Å². The van der Waals surface area contributed by atoms with Crippen LogP contribution >= 0.6 is 58.0 Å². The molecule has 17 heteroatoms. The van der Waals surface area contributed by atoms with Gasteiger partial charge in [0.05, 0.1) is 28.3 Å². The standard InChI is InChI=1S/C12H22O11.C6HCl5O/c13-1-4-6(16)8(18)9(19)11(21-4)23-12(3-15)10(20)7(17)5(2-14)22-12;7-1-2(8)4(10)6(12)5(11)3(1)9/h4-11,13-20H,1-3H2;12H/t4-,5-,6-,7-,8+,9-,10+,11-,12+;/m1./s1. The molecule has 0 spiro atoms. The van der Waals surface area contributed by atoms with E-state index in [4.69, 9.17) is 82.4 Å². The molecule has 0 aromatic heterocycles. The Morgan fingerprint density at radius 2 is 1.17 bits per heavy atom. The highest BCUT2D eigenvalue weighted by atomic mass is 35.5. The zero-order valence-electron chi connectivity index (χ0n) is 17.4. The number of hydrogen-bond acceptors (Lipinski definition) is 12. The molecule has 9 N–H and O–H groups in total. The maximum absolute atomic E-state index is 10.00. The molecule has 12 nitrogen and oxygen atoms in total. The number of aliphatic hydroxyl groups is 8. The molecule has 2 fully saturated rings. The van der Waals surface area contributed by atoms with E-state index in [2.05, 4.69) is 0 Å². The molecule has 2 aliphatic rings. The number of aromatic hydroxyl groups is 1. The topological polar surface area (TPSA) is 210 Å². The average Bonchev–Trinajstić information content (AvgIpc) is 3.10. The van der Waals surface area contributed by atoms with Crippen LogP contribution in [0.25, 0.3) is 0 Å². The lowest BCUT2D eigenvalue weighted by Gasteiger charge is -2.43. The molecule has 35 heavy (non-hydrogen) atoms. The van der Waals surface area contributed by atoms with Crippen LogP contribution in [-0.2, 0) is 14.2 Å². The molecule has 2 aliphatic heterocycles. The number of ether oxygens (including phenoxy) is 3. The Bertz CT molecular complexity index is 774. The van der Waals surface area contributed by atoms with Gasteiger partial charge in [-0.1, -0.05) is 58.0 Å². The summed E-state index contributed by atoms with van der Waals surface area (Å²) in [5.74, 6) is -2.58. The van der Waals surface area contributed by atoms with Crippen molar-refractivity contribution in [2.24, 2.45) is 0 Å². The van der Waals surface area contributed by atoms with E-state index in [1.165, 1.54) is 0 Å². The third-order valence-electron chi connectivity index (χ3n) is 5.26. The van der Waals surface area contributed by atoms with Crippen LogP contribution in [0, 0.1) is 0 Å². The van der Waals surface area contributed by atoms with Gasteiger partial charge in [0.25, 0.3) is 0 Å². The van der Waals surface area contributed by atoms with E-state index in [1.54, 1.807) is 0 Å². The third-order valence-corrected chi connectivity index (χ3v) is 7.51. The maximum Gasteiger partial charge on any atom is 0.224 e. The monoisotopic (exact) mass is 606 g/mol. The summed E-state index contributed by atoms with van der Waals surface area (Å²) in [6.07, 6.45) is -12.7. The van der Waals surface area contributed by atoms with Gasteiger partial charge in [0.2, 0.25) is 5.79 Å². The molecule has 1 aromatic carbocycles. The second kappa shape index (κ2) is 12.7. The second-order valence-electron chi connectivity index (χ2n) is 7.48. The van der Waals surface area contributed by atoms with Crippen LogP contribution in [0.3, 0.4) is 0 Å². The van der Waals surface area contributed by atoms with Crippen molar-refractivity contribution in [1.29, 1.82) is 0 Å². The summed E-state index contributed by atoms with van der Waals surface area (Å²) in [5.41, 5.74) is 0.